The molecular weight excluding hydrogens is 366 g/mol. The minimum absolute atomic E-state index is 0.145. The van der Waals surface area contributed by atoms with Crippen LogP contribution < -0.4 is 10.2 Å². The maximum Gasteiger partial charge on any atom is 0.271 e. The van der Waals surface area contributed by atoms with Gasteiger partial charge in [0.1, 0.15) is 0 Å². The lowest BCUT2D eigenvalue weighted by atomic mass is 9.94. The van der Waals surface area contributed by atoms with E-state index in [0.29, 0.717) is 16.9 Å². The summed E-state index contributed by atoms with van der Waals surface area (Å²) in [5.74, 6) is -0.722. The summed E-state index contributed by atoms with van der Waals surface area (Å²) in [5, 5.41) is 2.98. The van der Waals surface area contributed by atoms with Crippen LogP contribution in [0.2, 0.25) is 0 Å². The first kappa shape index (κ1) is 19.2. The molecule has 0 unspecified atom stereocenters. The van der Waals surface area contributed by atoms with Crippen LogP contribution in [0.1, 0.15) is 49.5 Å². The van der Waals surface area contributed by atoms with E-state index in [4.69, 9.17) is 0 Å². The average molecular weight is 391 g/mol. The molecule has 150 valence electrons. The molecule has 0 radical (unpaired) electrons. The van der Waals surface area contributed by atoms with Crippen molar-refractivity contribution >= 4 is 29.1 Å². The van der Waals surface area contributed by atoms with Gasteiger partial charge in [-0.15, -0.1) is 0 Å². The summed E-state index contributed by atoms with van der Waals surface area (Å²) in [6.07, 6.45) is 1.33. The van der Waals surface area contributed by atoms with Gasteiger partial charge >= 0.3 is 0 Å². The van der Waals surface area contributed by atoms with E-state index in [1.165, 1.54) is 4.90 Å². The van der Waals surface area contributed by atoms with Crippen LogP contribution in [0.15, 0.2) is 48.5 Å². The monoisotopic (exact) mass is 391 g/mol. The van der Waals surface area contributed by atoms with Gasteiger partial charge in [-0.05, 0) is 50.1 Å². The van der Waals surface area contributed by atoms with E-state index in [-0.39, 0.29) is 36.6 Å². The Balaban J connectivity index is 1.84. The Kier molecular flexibility index (Phi) is 4.65. The minimum atomic E-state index is -1.36. The number of hydrogen-bond donors (Lipinski definition) is 1. The second-order valence-electron chi connectivity index (χ2n) is 7.84. The van der Waals surface area contributed by atoms with Crippen molar-refractivity contribution in [1.82, 2.24) is 4.90 Å². The molecule has 0 spiro atoms. The number of fused-ring (bicyclic) bond motifs is 3. The Labute approximate surface area is 170 Å². The molecule has 0 bridgehead atoms. The van der Waals surface area contributed by atoms with Crippen molar-refractivity contribution in [3.8, 4) is 0 Å². The number of carbonyl (C=O) groups is 3. The van der Waals surface area contributed by atoms with Gasteiger partial charge in [0.05, 0.1) is 11.3 Å². The summed E-state index contributed by atoms with van der Waals surface area (Å²) in [7, 11) is 0. The van der Waals surface area contributed by atoms with Crippen LogP contribution in [0.4, 0.5) is 11.4 Å². The van der Waals surface area contributed by atoms with Crippen LogP contribution >= 0.6 is 0 Å². The zero-order valence-corrected chi connectivity index (χ0v) is 16.9. The summed E-state index contributed by atoms with van der Waals surface area (Å²) in [6, 6.07) is 14.4. The van der Waals surface area contributed by atoms with Gasteiger partial charge < -0.3 is 10.2 Å². The van der Waals surface area contributed by atoms with E-state index in [1.54, 1.807) is 29.2 Å². The van der Waals surface area contributed by atoms with Crippen molar-refractivity contribution in [1.29, 1.82) is 0 Å². The lowest BCUT2D eigenvalue weighted by Crippen LogP contribution is -2.70. The number of amides is 3. The Morgan fingerprint density at radius 3 is 2.62 bits per heavy atom. The zero-order chi connectivity index (χ0) is 20.8. The van der Waals surface area contributed by atoms with Gasteiger partial charge in [-0.1, -0.05) is 31.2 Å². The number of benzene rings is 2. The second-order valence-corrected chi connectivity index (χ2v) is 7.84. The smallest absolute Gasteiger partial charge is 0.271 e. The van der Waals surface area contributed by atoms with Gasteiger partial charge in [0.2, 0.25) is 11.6 Å². The molecule has 2 aromatic rings. The molecule has 6 nitrogen and oxygen atoms in total. The van der Waals surface area contributed by atoms with Crippen LogP contribution in [0.25, 0.3) is 0 Å². The van der Waals surface area contributed by atoms with Crippen LogP contribution in [-0.4, -0.2) is 34.3 Å². The molecule has 2 aliphatic rings. The molecule has 3 amide bonds. The third-order valence-corrected chi connectivity index (χ3v) is 5.77. The summed E-state index contributed by atoms with van der Waals surface area (Å²) in [5.41, 5.74) is 1.37. The molecule has 0 aliphatic carbocycles. The predicted molar refractivity (Wildman–Crippen MR) is 112 cm³/mol. The fourth-order valence-corrected chi connectivity index (χ4v) is 4.51. The summed E-state index contributed by atoms with van der Waals surface area (Å²) in [4.78, 5) is 43.1. The summed E-state index contributed by atoms with van der Waals surface area (Å²) >= 11 is 0. The van der Waals surface area contributed by atoms with E-state index in [2.05, 4.69) is 5.32 Å². The molecular formula is C23H25N3O3. The number of nitrogens with zero attached hydrogens (tertiary/aromatic N) is 2. The molecule has 2 heterocycles. The molecule has 2 aromatic carbocycles. The molecule has 6 heteroatoms. The largest absolute Gasteiger partial charge is 0.322 e. The second kappa shape index (κ2) is 7.03. The van der Waals surface area contributed by atoms with Crippen molar-refractivity contribution in [2.45, 2.75) is 51.7 Å². The summed E-state index contributed by atoms with van der Waals surface area (Å²) in [6.45, 7) is 5.80. The number of nitrogens with one attached hydrogen (secondary N) is 1. The average Bonchev–Trinajstić information content (AvgIpc) is 3.06. The first-order valence-electron chi connectivity index (χ1n) is 10.1. The van der Waals surface area contributed by atoms with Crippen molar-refractivity contribution in [2.75, 3.05) is 10.2 Å². The van der Waals surface area contributed by atoms with Crippen LogP contribution in [0.3, 0.4) is 0 Å². The van der Waals surface area contributed by atoms with Crippen LogP contribution in [0, 0.1) is 0 Å². The number of para-hydroxylation sites is 1. The lowest BCUT2D eigenvalue weighted by Gasteiger charge is -2.50. The highest BCUT2D eigenvalue weighted by Crippen LogP contribution is 2.45. The normalized spacial score (nSPS) is 20.7. The van der Waals surface area contributed by atoms with Gasteiger partial charge in [-0.3, -0.25) is 19.3 Å². The number of hydrogen-bond acceptors (Lipinski definition) is 3. The molecule has 1 fully saturated rings. The van der Waals surface area contributed by atoms with Gasteiger partial charge in [-0.2, -0.15) is 0 Å². The molecule has 0 aromatic heterocycles. The van der Waals surface area contributed by atoms with E-state index >= 15 is 0 Å². The first-order chi connectivity index (χ1) is 13.9. The van der Waals surface area contributed by atoms with Crippen molar-refractivity contribution in [3.05, 3.63) is 59.7 Å². The Hall–Kier alpha value is -3.15. The Morgan fingerprint density at radius 1 is 1.14 bits per heavy atom. The molecule has 4 rings (SSSR count). The molecule has 29 heavy (non-hydrogen) atoms. The van der Waals surface area contributed by atoms with Crippen LogP contribution in [-0.2, 0) is 16.0 Å². The van der Waals surface area contributed by atoms with Gasteiger partial charge in [0.25, 0.3) is 11.8 Å². The fraction of sp³-hybridized carbons (Fsp3) is 0.348. The van der Waals surface area contributed by atoms with Gasteiger partial charge in [0, 0.05) is 24.6 Å². The lowest BCUT2D eigenvalue weighted by molar-refractivity contribution is -0.129. The topological polar surface area (TPSA) is 69.7 Å². The van der Waals surface area contributed by atoms with Gasteiger partial charge in [-0.25, -0.2) is 0 Å². The van der Waals surface area contributed by atoms with Crippen molar-refractivity contribution in [2.24, 2.45) is 0 Å². The fourth-order valence-electron chi connectivity index (χ4n) is 4.51. The third-order valence-electron chi connectivity index (χ3n) is 5.77. The van der Waals surface area contributed by atoms with E-state index in [1.807, 2.05) is 45.0 Å². The SMILES string of the molecule is CCc1cccc(NC(=O)[C@@]23CCC(=O)N2c2ccccc2C(=O)N3C(C)C)c1. The predicted octanol–water partition coefficient (Wildman–Crippen LogP) is 3.58. The van der Waals surface area contributed by atoms with Crippen LogP contribution in [0.5, 0.6) is 0 Å². The summed E-state index contributed by atoms with van der Waals surface area (Å²) < 4.78 is 0. The Morgan fingerprint density at radius 2 is 1.90 bits per heavy atom. The molecule has 1 atom stereocenters. The number of anilines is 2. The minimum Gasteiger partial charge on any atom is -0.322 e. The highest BCUT2D eigenvalue weighted by Gasteiger charge is 2.61. The van der Waals surface area contributed by atoms with E-state index in [0.717, 1.165) is 12.0 Å². The molecule has 1 saturated heterocycles. The maximum absolute atomic E-state index is 13.7. The standard InChI is InChI=1S/C23H25N3O3/c1-4-16-8-7-9-17(14-16)24-22(29)23-13-12-20(27)26(23)19-11-6-5-10-18(19)21(28)25(23)15(2)3/h5-11,14-15H,4,12-13H2,1-3H3,(H,24,29)/t23-/m1/s1. The molecule has 2 aliphatic heterocycles. The van der Waals surface area contributed by atoms with E-state index in [9.17, 15) is 14.4 Å². The van der Waals surface area contributed by atoms with Crippen molar-refractivity contribution < 1.29 is 14.4 Å². The van der Waals surface area contributed by atoms with E-state index < -0.39 is 5.66 Å². The highest BCUT2D eigenvalue weighted by atomic mass is 16.2. The first-order valence-corrected chi connectivity index (χ1v) is 10.1. The molecule has 1 N–H and O–H groups in total. The maximum atomic E-state index is 13.7. The number of aryl methyl sites for hydroxylation is 1. The Bertz CT molecular complexity index is 1000. The van der Waals surface area contributed by atoms with Gasteiger partial charge in [0.15, 0.2) is 0 Å². The zero-order valence-electron chi connectivity index (χ0n) is 16.9. The number of carbonyl (C=O) groups excluding carboxylic acids is 3. The number of rotatable bonds is 4. The quantitative estimate of drug-likeness (QED) is 0.866. The highest BCUT2D eigenvalue weighted by molar-refractivity contribution is 6.18. The third kappa shape index (κ3) is 2.82. The molecule has 0 saturated carbocycles. The van der Waals surface area contributed by atoms with Crippen molar-refractivity contribution in [3.63, 3.8) is 0 Å².